The zero-order valence-electron chi connectivity index (χ0n) is 29.3. The van der Waals surface area contributed by atoms with Gasteiger partial charge in [0.25, 0.3) is 0 Å². The van der Waals surface area contributed by atoms with Crippen molar-refractivity contribution >= 4 is 23.6 Å². The minimum atomic E-state index is -2.74. The second-order valence-electron chi connectivity index (χ2n) is 14.1. The van der Waals surface area contributed by atoms with Crippen LogP contribution < -0.4 is 15.6 Å². The predicted octanol–water partition coefficient (Wildman–Crippen LogP) is 9.99. The Morgan fingerprint density at radius 3 is 0.939 bits per heavy atom. The molecule has 1 aliphatic rings. The molecule has 0 spiro atoms. The van der Waals surface area contributed by atoms with Crippen molar-refractivity contribution in [2.24, 2.45) is 0 Å². The molecule has 242 valence electrons. The van der Waals surface area contributed by atoms with Gasteiger partial charge in [0.2, 0.25) is 0 Å². The third-order valence-electron chi connectivity index (χ3n) is 11.1. The zero-order chi connectivity index (χ0) is 33.8. The Kier molecular flexibility index (Phi) is 9.21. The molecule has 1 heteroatoms. The molecule has 0 fully saturated rings. The van der Waals surface area contributed by atoms with E-state index in [-0.39, 0.29) is 5.04 Å². The summed E-state index contributed by atoms with van der Waals surface area (Å²) in [5.41, 5.74) is 12.4. The van der Waals surface area contributed by atoms with E-state index in [1.165, 1.54) is 65.7 Å². The Labute approximate surface area is 294 Å². The highest BCUT2D eigenvalue weighted by molar-refractivity contribution is 7.14. The molecular weight excluding hydrogens is 605 g/mol. The van der Waals surface area contributed by atoms with Gasteiger partial charge in [0.05, 0.1) is 0 Å². The molecule has 0 amide bonds. The minimum Gasteiger partial charge on any atom is -0.0730 e. The van der Waals surface area contributed by atoms with E-state index in [0.717, 1.165) is 19.3 Å². The molecule has 0 aromatic heterocycles. The lowest BCUT2D eigenvalue weighted by Gasteiger charge is -2.47. The monoisotopic (exact) mass is 650 g/mol. The molecule has 6 aromatic rings. The predicted molar refractivity (Wildman–Crippen MR) is 212 cm³/mol. The maximum atomic E-state index is 2.61. The fourth-order valence-corrected chi connectivity index (χ4v) is 14.2. The molecule has 6 aromatic carbocycles. The Balaban J connectivity index is 1.40. The van der Waals surface area contributed by atoms with Crippen molar-refractivity contribution in [2.75, 3.05) is 0 Å². The van der Waals surface area contributed by atoms with Crippen molar-refractivity contribution in [3.8, 4) is 0 Å². The normalized spacial score (nSPS) is 16.1. The maximum Gasteiger partial charge on any atom is 0.161 e. The van der Waals surface area contributed by atoms with Crippen molar-refractivity contribution in [1.82, 2.24) is 0 Å². The topological polar surface area (TPSA) is 0 Å². The molecule has 7 rings (SSSR count). The summed E-state index contributed by atoms with van der Waals surface area (Å²) in [5, 5.41) is 4.22. The van der Waals surface area contributed by atoms with E-state index in [1.807, 2.05) is 0 Å². The molecule has 1 atom stereocenters. The van der Waals surface area contributed by atoms with Crippen LogP contribution in [0.1, 0.15) is 61.1 Å². The van der Waals surface area contributed by atoms with Gasteiger partial charge in [0, 0.05) is 5.04 Å². The summed E-state index contributed by atoms with van der Waals surface area (Å²) < 4.78 is 0. The van der Waals surface area contributed by atoms with Crippen LogP contribution in [-0.2, 0) is 19.3 Å². The fourth-order valence-electron chi connectivity index (χ4n) is 8.24. The second-order valence-corrected chi connectivity index (χ2v) is 18.4. The van der Waals surface area contributed by atoms with Crippen LogP contribution in [0.5, 0.6) is 0 Å². The lowest BCUT2D eigenvalue weighted by atomic mass is 10.0. The van der Waals surface area contributed by atoms with Gasteiger partial charge in [-0.05, 0) is 94.5 Å². The SMILES string of the molecule is CC1=CC(C)([Si](c2ccc(Cc3ccccc3)cc2)(c2ccc(Cc3ccccc3)cc2)c2ccc(Cc3ccccc3)cc2)C(C)=C1C. The van der Waals surface area contributed by atoms with Gasteiger partial charge in [-0.1, -0.05) is 188 Å². The average molecular weight is 651 g/mol. The van der Waals surface area contributed by atoms with Crippen molar-refractivity contribution in [3.63, 3.8) is 0 Å². The fraction of sp³-hybridized carbons (Fsp3) is 0.167. The van der Waals surface area contributed by atoms with E-state index in [9.17, 15) is 0 Å². The van der Waals surface area contributed by atoms with Crippen LogP contribution in [0.2, 0.25) is 5.04 Å². The summed E-state index contributed by atoms with van der Waals surface area (Å²) >= 11 is 0. The lowest BCUT2D eigenvalue weighted by molar-refractivity contribution is 0.870. The molecular formula is C48H46Si. The number of allylic oxidation sites excluding steroid dienone is 4. The third kappa shape index (κ3) is 6.32. The van der Waals surface area contributed by atoms with Crippen molar-refractivity contribution in [1.29, 1.82) is 0 Å². The molecule has 1 unspecified atom stereocenters. The number of hydrogen-bond donors (Lipinski definition) is 0. The molecule has 0 saturated heterocycles. The largest absolute Gasteiger partial charge is 0.161 e. The van der Waals surface area contributed by atoms with Crippen molar-refractivity contribution in [3.05, 3.63) is 220 Å². The van der Waals surface area contributed by atoms with Gasteiger partial charge < -0.3 is 0 Å². The summed E-state index contributed by atoms with van der Waals surface area (Å²) in [6.07, 6.45) is 5.42. The van der Waals surface area contributed by atoms with Gasteiger partial charge in [-0.25, -0.2) is 0 Å². The zero-order valence-corrected chi connectivity index (χ0v) is 30.3. The molecule has 0 radical (unpaired) electrons. The van der Waals surface area contributed by atoms with Gasteiger partial charge in [-0.2, -0.15) is 0 Å². The van der Waals surface area contributed by atoms with Crippen LogP contribution >= 0.6 is 0 Å². The molecule has 49 heavy (non-hydrogen) atoms. The van der Waals surface area contributed by atoms with Crippen LogP contribution in [0.3, 0.4) is 0 Å². The summed E-state index contributed by atoms with van der Waals surface area (Å²) in [4.78, 5) is 0. The molecule has 0 heterocycles. The summed E-state index contributed by atoms with van der Waals surface area (Å²) in [6, 6.07) is 61.6. The standard InChI is InChI=1S/C48H46Si/c1-36-35-48(4,38(3)37(36)2)49(45-26-20-42(21-27-45)32-39-14-8-5-9-15-39,46-28-22-43(23-29-46)33-40-16-10-6-11-17-40)47-30-24-44(25-31-47)34-41-18-12-7-13-19-41/h5-31,35H,32-34H2,1-4H3. The van der Waals surface area contributed by atoms with E-state index < -0.39 is 8.07 Å². The molecule has 0 nitrogen and oxygen atoms in total. The van der Waals surface area contributed by atoms with Crippen LogP contribution in [0.15, 0.2) is 187 Å². The average Bonchev–Trinajstić information content (AvgIpc) is 3.34. The molecule has 1 aliphatic carbocycles. The Bertz CT molecular complexity index is 1860. The molecule has 0 N–H and O–H groups in total. The number of hydrogen-bond acceptors (Lipinski definition) is 0. The number of rotatable bonds is 10. The first-order valence-corrected chi connectivity index (χ1v) is 19.6. The van der Waals surface area contributed by atoms with Crippen LogP contribution in [0, 0.1) is 0 Å². The Morgan fingerprint density at radius 1 is 0.388 bits per heavy atom. The quantitative estimate of drug-likeness (QED) is 0.102. The third-order valence-corrected chi connectivity index (χ3v) is 16.8. The molecule has 0 bridgehead atoms. The first-order valence-electron chi connectivity index (χ1n) is 17.6. The maximum absolute atomic E-state index is 2.74. The van der Waals surface area contributed by atoms with Crippen LogP contribution in [0.4, 0.5) is 0 Å². The van der Waals surface area contributed by atoms with Crippen molar-refractivity contribution in [2.45, 2.75) is 52.0 Å². The van der Waals surface area contributed by atoms with E-state index in [4.69, 9.17) is 0 Å². The second kappa shape index (κ2) is 13.9. The van der Waals surface area contributed by atoms with Crippen molar-refractivity contribution < 1.29 is 0 Å². The smallest absolute Gasteiger partial charge is 0.0730 e. The summed E-state index contributed by atoms with van der Waals surface area (Å²) in [5.74, 6) is 0. The molecule has 0 aliphatic heterocycles. The van der Waals surface area contributed by atoms with Gasteiger partial charge in [0.1, 0.15) is 0 Å². The summed E-state index contributed by atoms with van der Waals surface area (Å²) in [6.45, 7) is 9.54. The minimum absolute atomic E-state index is 0.149. The van der Waals surface area contributed by atoms with E-state index in [2.05, 4.69) is 198 Å². The van der Waals surface area contributed by atoms with E-state index in [0.29, 0.717) is 0 Å². The highest BCUT2D eigenvalue weighted by Crippen LogP contribution is 2.52. The van der Waals surface area contributed by atoms with Gasteiger partial charge in [-0.15, -0.1) is 0 Å². The highest BCUT2D eigenvalue weighted by atomic mass is 28.3. The number of benzene rings is 6. The van der Waals surface area contributed by atoms with E-state index >= 15 is 0 Å². The first-order chi connectivity index (χ1) is 23.9. The van der Waals surface area contributed by atoms with Crippen LogP contribution in [0.25, 0.3) is 0 Å². The van der Waals surface area contributed by atoms with Crippen LogP contribution in [-0.4, -0.2) is 8.07 Å². The van der Waals surface area contributed by atoms with Gasteiger partial charge in [0.15, 0.2) is 8.07 Å². The first kappa shape index (κ1) is 32.6. The summed E-state index contributed by atoms with van der Waals surface area (Å²) in [7, 11) is -2.74. The van der Waals surface area contributed by atoms with E-state index in [1.54, 1.807) is 0 Å². The molecule has 0 saturated carbocycles. The highest BCUT2D eigenvalue weighted by Gasteiger charge is 2.55. The van der Waals surface area contributed by atoms with Gasteiger partial charge >= 0.3 is 0 Å². The van der Waals surface area contributed by atoms with Gasteiger partial charge in [-0.3, -0.25) is 0 Å². The lowest BCUT2D eigenvalue weighted by Crippen LogP contribution is -2.73. The Hall–Kier alpha value is -4.98. The Morgan fingerprint density at radius 2 is 0.673 bits per heavy atom.